The van der Waals surface area contributed by atoms with Crippen LogP contribution in [0.3, 0.4) is 0 Å². The standard InChI is InChI=1S/C24H28N2O7/c1-4-32-24(29)33-18-10-8-16(9-11-18)22(27)25-17-12-14-26(15-13-17)23(28)21-19(30-2)6-5-7-20(21)31-3/h5-11,17H,4,12-15H2,1-3H3,(H,25,27). The molecule has 1 fully saturated rings. The SMILES string of the molecule is CCOC(=O)Oc1ccc(C(=O)NC2CCN(C(=O)c3c(OC)cccc3OC)CC2)cc1. The smallest absolute Gasteiger partial charge is 0.496 e. The van der Waals surface area contributed by atoms with E-state index in [0.29, 0.717) is 54.3 Å². The Hall–Kier alpha value is -3.75. The summed E-state index contributed by atoms with van der Waals surface area (Å²) in [4.78, 5) is 38.8. The molecule has 0 aromatic heterocycles. The van der Waals surface area contributed by atoms with Gasteiger partial charge in [-0.25, -0.2) is 4.79 Å². The second-order valence-electron chi connectivity index (χ2n) is 7.39. The molecule has 3 rings (SSSR count). The number of amides is 2. The van der Waals surface area contributed by atoms with E-state index in [2.05, 4.69) is 5.32 Å². The number of benzene rings is 2. The molecule has 9 nitrogen and oxygen atoms in total. The minimum atomic E-state index is -0.790. The highest BCUT2D eigenvalue weighted by Gasteiger charge is 2.28. The molecule has 0 unspecified atom stereocenters. The summed E-state index contributed by atoms with van der Waals surface area (Å²) in [6.07, 6.45) is 0.458. The lowest BCUT2D eigenvalue weighted by Crippen LogP contribution is -2.46. The fourth-order valence-electron chi connectivity index (χ4n) is 3.63. The molecule has 1 aliphatic rings. The largest absolute Gasteiger partial charge is 0.513 e. The summed E-state index contributed by atoms with van der Waals surface area (Å²) < 4.78 is 20.4. The van der Waals surface area contributed by atoms with E-state index in [0.717, 1.165) is 0 Å². The number of ether oxygens (including phenoxy) is 4. The van der Waals surface area contributed by atoms with E-state index in [4.69, 9.17) is 18.9 Å². The Morgan fingerprint density at radius 2 is 1.58 bits per heavy atom. The normalized spacial score (nSPS) is 13.7. The summed E-state index contributed by atoms with van der Waals surface area (Å²) >= 11 is 0. The van der Waals surface area contributed by atoms with Crippen LogP contribution in [0.5, 0.6) is 17.2 Å². The number of carbonyl (C=O) groups is 3. The molecule has 0 aliphatic carbocycles. The molecule has 0 radical (unpaired) electrons. The Morgan fingerprint density at radius 1 is 0.970 bits per heavy atom. The minimum Gasteiger partial charge on any atom is -0.496 e. The third kappa shape index (κ3) is 5.94. The minimum absolute atomic E-state index is 0.0587. The fraction of sp³-hybridized carbons (Fsp3) is 0.375. The third-order valence-electron chi connectivity index (χ3n) is 5.34. The zero-order valence-corrected chi connectivity index (χ0v) is 19.0. The van der Waals surface area contributed by atoms with Crippen molar-refractivity contribution in [2.75, 3.05) is 33.9 Å². The van der Waals surface area contributed by atoms with Crippen LogP contribution in [0.25, 0.3) is 0 Å². The van der Waals surface area contributed by atoms with Gasteiger partial charge in [-0.3, -0.25) is 9.59 Å². The van der Waals surface area contributed by atoms with E-state index in [9.17, 15) is 14.4 Å². The van der Waals surface area contributed by atoms with E-state index in [1.807, 2.05) is 0 Å². The monoisotopic (exact) mass is 456 g/mol. The topological polar surface area (TPSA) is 103 Å². The first-order valence-electron chi connectivity index (χ1n) is 10.7. The first-order chi connectivity index (χ1) is 16.0. The highest BCUT2D eigenvalue weighted by Crippen LogP contribution is 2.30. The van der Waals surface area contributed by atoms with Crippen molar-refractivity contribution in [3.8, 4) is 17.2 Å². The number of nitrogens with zero attached hydrogens (tertiary/aromatic N) is 1. The van der Waals surface area contributed by atoms with Gasteiger partial charge in [0.05, 0.1) is 20.8 Å². The summed E-state index contributed by atoms with van der Waals surface area (Å²) in [5.74, 6) is 0.832. The predicted octanol–water partition coefficient (Wildman–Crippen LogP) is 3.27. The summed E-state index contributed by atoms with van der Waals surface area (Å²) in [5, 5.41) is 3.00. The van der Waals surface area contributed by atoms with Gasteiger partial charge in [0.1, 0.15) is 22.8 Å². The first-order valence-corrected chi connectivity index (χ1v) is 10.7. The maximum atomic E-state index is 13.1. The van der Waals surface area contributed by atoms with Gasteiger partial charge in [-0.2, -0.15) is 0 Å². The second-order valence-corrected chi connectivity index (χ2v) is 7.39. The van der Waals surface area contributed by atoms with Crippen molar-refractivity contribution in [3.63, 3.8) is 0 Å². The quantitative estimate of drug-likeness (QED) is 0.504. The van der Waals surface area contributed by atoms with Gasteiger partial charge in [0.2, 0.25) is 0 Å². The van der Waals surface area contributed by atoms with Crippen molar-refractivity contribution in [1.29, 1.82) is 0 Å². The summed E-state index contributed by atoms with van der Waals surface area (Å²) in [7, 11) is 3.03. The van der Waals surface area contributed by atoms with Crippen molar-refractivity contribution in [1.82, 2.24) is 10.2 Å². The van der Waals surface area contributed by atoms with Crippen LogP contribution >= 0.6 is 0 Å². The van der Waals surface area contributed by atoms with Crippen LogP contribution in [-0.2, 0) is 4.74 Å². The number of carbonyl (C=O) groups excluding carboxylic acids is 3. The molecular weight excluding hydrogens is 428 g/mol. The Kier molecular flexibility index (Phi) is 8.12. The average molecular weight is 456 g/mol. The first kappa shape index (κ1) is 23.9. The zero-order chi connectivity index (χ0) is 23.8. The second kappa shape index (κ2) is 11.2. The highest BCUT2D eigenvalue weighted by atomic mass is 16.7. The van der Waals surface area contributed by atoms with Crippen LogP contribution in [0.4, 0.5) is 4.79 Å². The van der Waals surface area contributed by atoms with Gasteiger partial charge >= 0.3 is 6.16 Å². The van der Waals surface area contributed by atoms with Gasteiger partial charge in [0, 0.05) is 24.7 Å². The van der Waals surface area contributed by atoms with E-state index in [-0.39, 0.29) is 24.5 Å². The molecule has 0 bridgehead atoms. The lowest BCUT2D eigenvalue weighted by Gasteiger charge is -2.33. The van der Waals surface area contributed by atoms with Crippen molar-refractivity contribution < 1.29 is 33.3 Å². The number of likely N-dealkylation sites (tertiary alicyclic amines) is 1. The van der Waals surface area contributed by atoms with Gasteiger partial charge < -0.3 is 29.2 Å². The van der Waals surface area contributed by atoms with E-state index >= 15 is 0 Å². The number of methoxy groups -OCH3 is 2. The lowest BCUT2D eigenvalue weighted by atomic mass is 10.0. The number of hydrogen-bond donors (Lipinski definition) is 1. The van der Waals surface area contributed by atoms with Crippen LogP contribution in [0.1, 0.15) is 40.5 Å². The molecule has 1 aliphatic heterocycles. The molecule has 1 N–H and O–H groups in total. The Labute approximate surface area is 192 Å². The number of piperidine rings is 1. The third-order valence-corrected chi connectivity index (χ3v) is 5.34. The summed E-state index contributed by atoms with van der Waals surface area (Å²) in [6.45, 7) is 2.90. The molecular formula is C24H28N2O7. The zero-order valence-electron chi connectivity index (χ0n) is 19.0. The maximum absolute atomic E-state index is 13.1. The molecule has 33 heavy (non-hydrogen) atoms. The van der Waals surface area contributed by atoms with Crippen LogP contribution in [0.15, 0.2) is 42.5 Å². The molecule has 1 saturated heterocycles. The maximum Gasteiger partial charge on any atom is 0.513 e. The van der Waals surface area contributed by atoms with Crippen LogP contribution in [0.2, 0.25) is 0 Å². The lowest BCUT2D eigenvalue weighted by molar-refractivity contribution is 0.0691. The van der Waals surface area contributed by atoms with Crippen LogP contribution in [0, 0.1) is 0 Å². The van der Waals surface area contributed by atoms with Gasteiger partial charge in [-0.15, -0.1) is 0 Å². The number of rotatable bonds is 7. The van der Waals surface area contributed by atoms with Crippen molar-refractivity contribution >= 4 is 18.0 Å². The average Bonchev–Trinajstić information content (AvgIpc) is 2.84. The van der Waals surface area contributed by atoms with Gasteiger partial charge in [0.25, 0.3) is 11.8 Å². The number of nitrogens with one attached hydrogen (secondary N) is 1. The molecule has 2 amide bonds. The molecule has 0 spiro atoms. The van der Waals surface area contributed by atoms with E-state index in [1.54, 1.807) is 42.2 Å². The van der Waals surface area contributed by atoms with Crippen molar-refractivity contribution in [3.05, 3.63) is 53.6 Å². The molecule has 1 heterocycles. The Bertz CT molecular complexity index is 961. The fourth-order valence-corrected chi connectivity index (χ4v) is 3.63. The van der Waals surface area contributed by atoms with Crippen molar-refractivity contribution in [2.45, 2.75) is 25.8 Å². The van der Waals surface area contributed by atoms with Gasteiger partial charge in [0.15, 0.2) is 0 Å². The Balaban J connectivity index is 1.55. The summed E-state index contributed by atoms with van der Waals surface area (Å²) in [6, 6.07) is 11.4. The molecule has 0 atom stereocenters. The molecule has 2 aromatic rings. The Morgan fingerprint density at radius 3 is 2.12 bits per heavy atom. The van der Waals surface area contributed by atoms with Gasteiger partial charge in [-0.1, -0.05) is 6.07 Å². The summed E-state index contributed by atoms with van der Waals surface area (Å²) in [5.41, 5.74) is 0.846. The van der Waals surface area contributed by atoms with E-state index < -0.39 is 6.16 Å². The molecule has 0 saturated carbocycles. The molecule has 9 heteroatoms. The predicted molar refractivity (Wildman–Crippen MR) is 120 cm³/mol. The molecule has 2 aromatic carbocycles. The van der Waals surface area contributed by atoms with Crippen LogP contribution < -0.4 is 19.5 Å². The number of hydrogen-bond acceptors (Lipinski definition) is 7. The van der Waals surface area contributed by atoms with Crippen molar-refractivity contribution in [2.24, 2.45) is 0 Å². The van der Waals surface area contributed by atoms with Gasteiger partial charge in [-0.05, 0) is 56.2 Å². The highest BCUT2D eigenvalue weighted by molar-refractivity contribution is 6.00. The molecule has 176 valence electrons. The van der Waals surface area contributed by atoms with Crippen LogP contribution in [-0.4, -0.2) is 62.8 Å². The van der Waals surface area contributed by atoms with E-state index in [1.165, 1.54) is 26.4 Å².